The van der Waals surface area contributed by atoms with E-state index in [0.717, 1.165) is 16.6 Å². The molecule has 0 aliphatic carbocycles. The number of halogens is 2. The number of amides is 1. The molecule has 0 spiro atoms. The number of hydrogen-bond donors (Lipinski definition) is 1. The summed E-state index contributed by atoms with van der Waals surface area (Å²) in [5.41, 5.74) is 2.77. The number of pyridine rings is 1. The molecule has 1 aromatic carbocycles. The quantitative estimate of drug-likeness (QED) is 0.650. The van der Waals surface area contributed by atoms with Crippen molar-refractivity contribution in [2.24, 2.45) is 4.99 Å². The molecule has 26 heavy (non-hydrogen) atoms. The maximum Gasteiger partial charge on any atom is 0.264 e. The molecular weight excluding hydrogens is 393 g/mol. The molecule has 128 valence electrons. The highest BCUT2D eigenvalue weighted by atomic mass is 35.5. The van der Waals surface area contributed by atoms with Crippen molar-refractivity contribution >= 4 is 68.8 Å². The van der Waals surface area contributed by atoms with Gasteiger partial charge in [0.05, 0.1) is 26.0 Å². The predicted octanol–water partition coefficient (Wildman–Crippen LogP) is 4.22. The van der Waals surface area contributed by atoms with Gasteiger partial charge in [-0.1, -0.05) is 29.3 Å². The first-order chi connectivity index (χ1) is 12.6. The molecule has 0 atom stereocenters. The highest BCUT2D eigenvalue weighted by Crippen LogP contribution is 2.35. The van der Waals surface area contributed by atoms with Crippen LogP contribution in [0.15, 0.2) is 52.9 Å². The van der Waals surface area contributed by atoms with Gasteiger partial charge in [0.25, 0.3) is 5.91 Å². The van der Waals surface area contributed by atoms with E-state index in [-0.39, 0.29) is 5.91 Å². The lowest BCUT2D eigenvalue weighted by molar-refractivity contribution is -0.115. The lowest BCUT2D eigenvalue weighted by Crippen LogP contribution is -2.19. The number of benzene rings is 1. The second-order valence-electron chi connectivity index (χ2n) is 5.24. The molecular formula is C17H9Cl2N5OS. The molecule has 0 unspecified atom stereocenters. The van der Waals surface area contributed by atoms with Gasteiger partial charge in [0.1, 0.15) is 5.69 Å². The third-order valence-electron chi connectivity index (χ3n) is 3.48. The van der Waals surface area contributed by atoms with Crippen molar-refractivity contribution in [1.82, 2.24) is 20.3 Å². The van der Waals surface area contributed by atoms with Gasteiger partial charge in [-0.3, -0.25) is 19.7 Å². The summed E-state index contributed by atoms with van der Waals surface area (Å²) in [6, 6.07) is 5.61. The van der Waals surface area contributed by atoms with Crippen LogP contribution in [-0.2, 0) is 4.79 Å². The summed E-state index contributed by atoms with van der Waals surface area (Å²) >= 11 is 13.3. The first-order valence-corrected chi connectivity index (χ1v) is 8.97. The number of hydrogen-bond acceptors (Lipinski definition) is 6. The van der Waals surface area contributed by atoms with Crippen LogP contribution in [0.1, 0.15) is 5.56 Å². The fourth-order valence-corrected chi connectivity index (χ4v) is 3.59. The van der Waals surface area contributed by atoms with E-state index in [1.165, 1.54) is 24.2 Å². The first-order valence-electron chi connectivity index (χ1n) is 7.39. The summed E-state index contributed by atoms with van der Waals surface area (Å²) in [5.74, 6) is -0.241. The number of amidine groups is 1. The Morgan fingerprint density at radius 3 is 2.58 bits per heavy atom. The van der Waals surface area contributed by atoms with Crippen LogP contribution in [0.5, 0.6) is 0 Å². The van der Waals surface area contributed by atoms with Crippen LogP contribution in [-0.4, -0.2) is 26.0 Å². The monoisotopic (exact) mass is 401 g/mol. The third-order valence-corrected chi connectivity index (χ3v) is 4.95. The number of aliphatic imine (C=N–C) groups is 1. The summed E-state index contributed by atoms with van der Waals surface area (Å²) in [4.78, 5) is 29.4. The standard InChI is InChI=1S/C17H9Cl2N5OS/c18-10-7-20-8-11(19)15(10)23-17-24-16(25)14(26-17)6-9-1-2-12-13(5-9)22-4-3-21-12/h1-8H,(H,20,23,24,25)/b14-6-. The van der Waals surface area contributed by atoms with Gasteiger partial charge in [0.15, 0.2) is 5.17 Å². The van der Waals surface area contributed by atoms with Gasteiger partial charge in [0.2, 0.25) is 0 Å². The van der Waals surface area contributed by atoms with Crippen molar-refractivity contribution in [3.8, 4) is 0 Å². The number of aromatic nitrogens is 3. The minimum Gasteiger partial charge on any atom is -0.300 e. The van der Waals surface area contributed by atoms with E-state index in [0.29, 0.717) is 25.8 Å². The lowest BCUT2D eigenvalue weighted by atomic mass is 10.2. The molecule has 0 radical (unpaired) electrons. The Morgan fingerprint density at radius 2 is 1.81 bits per heavy atom. The van der Waals surface area contributed by atoms with Crippen LogP contribution in [0.3, 0.4) is 0 Å². The summed E-state index contributed by atoms with van der Waals surface area (Å²) in [5, 5.41) is 3.73. The van der Waals surface area contributed by atoms with Gasteiger partial charge in [-0.25, -0.2) is 4.99 Å². The number of rotatable bonds is 2. The topological polar surface area (TPSA) is 80.1 Å². The Balaban J connectivity index is 1.65. The zero-order valence-corrected chi connectivity index (χ0v) is 15.3. The average molecular weight is 402 g/mol. The Kier molecular flexibility index (Phi) is 4.58. The summed E-state index contributed by atoms with van der Waals surface area (Å²) in [6.07, 6.45) is 7.93. The fourth-order valence-electron chi connectivity index (χ4n) is 2.31. The van der Waals surface area contributed by atoms with E-state index in [2.05, 4.69) is 25.3 Å². The first kappa shape index (κ1) is 17.0. The zero-order chi connectivity index (χ0) is 18.1. The molecule has 1 amide bonds. The van der Waals surface area contributed by atoms with Crippen molar-refractivity contribution in [1.29, 1.82) is 0 Å². The van der Waals surface area contributed by atoms with Crippen LogP contribution in [0, 0.1) is 0 Å². The molecule has 1 aliphatic heterocycles. The molecule has 3 aromatic rings. The van der Waals surface area contributed by atoms with Crippen molar-refractivity contribution in [3.63, 3.8) is 0 Å². The van der Waals surface area contributed by atoms with Gasteiger partial charge >= 0.3 is 0 Å². The molecule has 0 saturated carbocycles. The number of carbonyl (C=O) groups is 1. The Labute approximate surface area is 162 Å². The van der Waals surface area contributed by atoms with E-state index in [4.69, 9.17) is 23.2 Å². The highest BCUT2D eigenvalue weighted by Gasteiger charge is 2.24. The maximum absolute atomic E-state index is 12.2. The van der Waals surface area contributed by atoms with E-state index in [1.807, 2.05) is 18.2 Å². The van der Waals surface area contributed by atoms with Crippen LogP contribution in [0.25, 0.3) is 17.1 Å². The molecule has 1 N–H and O–H groups in total. The molecule has 9 heteroatoms. The van der Waals surface area contributed by atoms with Crippen LogP contribution in [0.2, 0.25) is 10.0 Å². The predicted molar refractivity (Wildman–Crippen MR) is 105 cm³/mol. The molecule has 1 fully saturated rings. The second-order valence-corrected chi connectivity index (χ2v) is 7.08. The van der Waals surface area contributed by atoms with E-state index >= 15 is 0 Å². The Morgan fingerprint density at radius 1 is 1.08 bits per heavy atom. The summed E-state index contributed by atoms with van der Waals surface area (Å²) in [6.45, 7) is 0. The van der Waals surface area contributed by atoms with Crippen LogP contribution < -0.4 is 5.32 Å². The Bertz CT molecular complexity index is 1080. The number of fused-ring (bicyclic) bond motifs is 1. The maximum atomic E-state index is 12.2. The summed E-state index contributed by atoms with van der Waals surface area (Å²) < 4.78 is 0. The van der Waals surface area contributed by atoms with E-state index in [1.54, 1.807) is 18.5 Å². The number of thioether (sulfide) groups is 1. The van der Waals surface area contributed by atoms with E-state index in [9.17, 15) is 4.79 Å². The fraction of sp³-hybridized carbons (Fsp3) is 0. The van der Waals surface area contributed by atoms with Crippen LogP contribution >= 0.6 is 35.0 Å². The van der Waals surface area contributed by atoms with Gasteiger partial charge in [0, 0.05) is 24.8 Å². The second kappa shape index (κ2) is 7.03. The largest absolute Gasteiger partial charge is 0.300 e. The molecule has 1 aliphatic rings. The molecule has 3 heterocycles. The van der Waals surface area contributed by atoms with Crippen molar-refractivity contribution in [3.05, 3.63) is 63.5 Å². The summed E-state index contributed by atoms with van der Waals surface area (Å²) in [7, 11) is 0. The van der Waals surface area contributed by atoms with Crippen molar-refractivity contribution in [2.45, 2.75) is 0 Å². The molecule has 6 nitrogen and oxygen atoms in total. The normalized spacial score (nSPS) is 17.2. The highest BCUT2D eigenvalue weighted by molar-refractivity contribution is 8.18. The smallest absolute Gasteiger partial charge is 0.264 e. The van der Waals surface area contributed by atoms with E-state index < -0.39 is 0 Å². The van der Waals surface area contributed by atoms with Crippen LogP contribution in [0.4, 0.5) is 5.69 Å². The lowest BCUT2D eigenvalue weighted by Gasteiger charge is -2.01. The minimum atomic E-state index is -0.241. The number of nitrogens with one attached hydrogen (secondary N) is 1. The Hall–Kier alpha value is -2.48. The molecule has 0 bridgehead atoms. The van der Waals surface area contributed by atoms with Gasteiger partial charge in [-0.15, -0.1) is 0 Å². The van der Waals surface area contributed by atoms with Gasteiger partial charge in [-0.2, -0.15) is 0 Å². The average Bonchev–Trinajstić information content (AvgIpc) is 2.97. The third kappa shape index (κ3) is 3.41. The number of carbonyl (C=O) groups excluding carboxylic acids is 1. The minimum absolute atomic E-state index is 0.241. The zero-order valence-electron chi connectivity index (χ0n) is 13.0. The SMILES string of the molecule is O=C1NC(=Nc2c(Cl)cncc2Cl)S/C1=C\c1ccc2nccnc2c1. The molecule has 4 rings (SSSR count). The van der Waals surface area contributed by atoms with Gasteiger partial charge in [-0.05, 0) is 35.5 Å². The van der Waals surface area contributed by atoms with Gasteiger partial charge < -0.3 is 5.32 Å². The van der Waals surface area contributed by atoms with Crippen molar-refractivity contribution in [2.75, 3.05) is 0 Å². The molecule has 2 aromatic heterocycles. The number of nitrogens with zero attached hydrogens (tertiary/aromatic N) is 4. The van der Waals surface area contributed by atoms with Crippen molar-refractivity contribution < 1.29 is 4.79 Å². The molecule has 1 saturated heterocycles.